The first-order valence-corrected chi connectivity index (χ1v) is 6.14. The third-order valence-corrected chi connectivity index (χ3v) is 2.65. The van der Waals surface area contributed by atoms with Crippen LogP contribution >= 0.6 is 0 Å². The van der Waals surface area contributed by atoms with Crippen LogP contribution in [0.4, 0.5) is 5.69 Å². The van der Waals surface area contributed by atoms with Crippen molar-refractivity contribution in [1.29, 1.82) is 0 Å². The van der Waals surface area contributed by atoms with Gasteiger partial charge in [0.1, 0.15) is 5.75 Å². The van der Waals surface area contributed by atoms with Crippen LogP contribution in [0.1, 0.15) is 31.4 Å². The van der Waals surface area contributed by atoms with Crippen molar-refractivity contribution in [3.05, 3.63) is 33.9 Å². The topological polar surface area (TPSA) is 81.8 Å². The van der Waals surface area contributed by atoms with E-state index in [1.807, 2.05) is 0 Å². The number of nitro groups is 1. The lowest BCUT2D eigenvalue weighted by Crippen LogP contribution is -2.04. The van der Waals surface area contributed by atoms with E-state index in [4.69, 9.17) is 9.47 Å². The zero-order chi connectivity index (χ0) is 14.3. The fourth-order valence-electron chi connectivity index (χ4n) is 1.64. The second-order valence-electron chi connectivity index (χ2n) is 4.20. The molecule has 1 unspecified atom stereocenters. The van der Waals surface area contributed by atoms with E-state index in [-0.39, 0.29) is 5.69 Å². The van der Waals surface area contributed by atoms with Gasteiger partial charge in [-0.25, -0.2) is 0 Å². The Balaban J connectivity index is 2.69. The van der Waals surface area contributed by atoms with E-state index >= 15 is 0 Å². The van der Waals surface area contributed by atoms with Crippen LogP contribution in [0.25, 0.3) is 0 Å². The Morgan fingerprint density at radius 3 is 2.63 bits per heavy atom. The molecule has 0 radical (unpaired) electrons. The number of nitro benzene ring substituents is 1. The number of aliphatic hydroxyl groups excluding tert-OH is 1. The van der Waals surface area contributed by atoms with Crippen molar-refractivity contribution in [2.75, 3.05) is 20.3 Å². The summed E-state index contributed by atoms with van der Waals surface area (Å²) in [5.74, 6) is 0.484. The molecule has 0 fully saturated rings. The van der Waals surface area contributed by atoms with E-state index in [1.165, 1.54) is 18.2 Å². The Kier molecular flexibility index (Phi) is 6.24. The van der Waals surface area contributed by atoms with Crippen molar-refractivity contribution in [2.24, 2.45) is 0 Å². The number of ether oxygens (including phenoxy) is 2. The highest BCUT2D eigenvalue weighted by molar-refractivity contribution is 5.44. The molecule has 0 aromatic heterocycles. The number of rotatable bonds is 8. The van der Waals surface area contributed by atoms with Crippen LogP contribution in [0.15, 0.2) is 18.2 Å². The molecule has 6 heteroatoms. The van der Waals surface area contributed by atoms with Gasteiger partial charge in [-0.15, -0.1) is 0 Å². The van der Waals surface area contributed by atoms with Crippen LogP contribution in [-0.2, 0) is 4.74 Å². The van der Waals surface area contributed by atoms with Crippen LogP contribution in [0.2, 0.25) is 0 Å². The van der Waals surface area contributed by atoms with Crippen LogP contribution < -0.4 is 4.74 Å². The molecule has 6 nitrogen and oxygen atoms in total. The maximum atomic E-state index is 10.7. The van der Waals surface area contributed by atoms with Gasteiger partial charge in [0, 0.05) is 31.4 Å². The van der Waals surface area contributed by atoms with Crippen LogP contribution in [0.3, 0.4) is 0 Å². The molecule has 0 aliphatic heterocycles. The van der Waals surface area contributed by atoms with Gasteiger partial charge in [-0.2, -0.15) is 0 Å². The molecule has 106 valence electrons. The summed E-state index contributed by atoms with van der Waals surface area (Å²) in [5, 5.41) is 20.3. The summed E-state index contributed by atoms with van der Waals surface area (Å²) in [7, 11) is 1.64. The second kappa shape index (κ2) is 7.70. The molecule has 0 bridgehead atoms. The first kappa shape index (κ1) is 15.4. The first-order chi connectivity index (χ1) is 9.06. The number of aliphatic hydroxyl groups is 1. The molecule has 0 amide bonds. The molecule has 0 heterocycles. The van der Waals surface area contributed by atoms with Gasteiger partial charge in [0.2, 0.25) is 0 Å². The summed E-state index contributed by atoms with van der Waals surface area (Å²) in [6.07, 6.45) is 0.895. The normalized spacial score (nSPS) is 12.2. The van der Waals surface area contributed by atoms with Crippen molar-refractivity contribution in [3.63, 3.8) is 0 Å². The second-order valence-corrected chi connectivity index (χ2v) is 4.20. The fraction of sp³-hybridized carbons (Fsp3) is 0.538. The molecule has 19 heavy (non-hydrogen) atoms. The van der Waals surface area contributed by atoms with Crippen molar-refractivity contribution in [3.8, 4) is 5.75 Å². The van der Waals surface area contributed by atoms with Crippen LogP contribution in [0.5, 0.6) is 5.75 Å². The number of hydrogen-bond donors (Lipinski definition) is 1. The quantitative estimate of drug-likeness (QED) is 0.445. The van der Waals surface area contributed by atoms with Gasteiger partial charge >= 0.3 is 0 Å². The average molecular weight is 269 g/mol. The van der Waals surface area contributed by atoms with Gasteiger partial charge in [0.15, 0.2) is 0 Å². The Morgan fingerprint density at radius 2 is 2.05 bits per heavy atom. The largest absolute Gasteiger partial charge is 0.493 e. The molecule has 1 rings (SSSR count). The maximum Gasteiger partial charge on any atom is 0.270 e. The minimum absolute atomic E-state index is 0.0531. The molecule has 0 spiro atoms. The summed E-state index contributed by atoms with van der Waals surface area (Å²) < 4.78 is 10.5. The predicted octanol–water partition coefficient (Wildman–Crippen LogP) is 2.45. The standard InChI is InChI=1S/C13H19NO5/c1-10(15)12-9-11(14(16)17)5-6-13(12)19-8-4-3-7-18-2/h5-6,9-10,15H,3-4,7-8H2,1-2H3. The van der Waals surface area contributed by atoms with Crippen molar-refractivity contribution < 1.29 is 19.5 Å². The molecule has 0 aliphatic rings. The fourth-order valence-corrected chi connectivity index (χ4v) is 1.64. The number of benzene rings is 1. The Morgan fingerprint density at radius 1 is 1.37 bits per heavy atom. The smallest absolute Gasteiger partial charge is 0.270 e. The number of hydrogen-bond acceptors (Lipinski definition) is 5. The first-order valence-electron chi connectivity index (χ1n) is 6.14. The highest BCUT2D eigenvalue weighted by Crippen LogP contribution is 2.29. The third-order valence-electron chi connectivity index (χ3n) is 2.65. The average Bonchev–Trinajstić information content (AvgIpc) is 2.38. The van der Waals surface area contributed by atoms with Crippen molar-refractivity contribution in [1.82, 2.24) is 0 Å². The van der Waals surface area contributed by atoms with Gasteiger partial charge < -0.3 is 14.6 Å². The SMILES string of the molecule is COCCCCOc1ccc([N+](=O)[O-])cc1C(C)O. The van der Waals surface area contributed by atoms with E-state index in [0.717, 1.165) is 12.8 Å². The molecule has 1 N–H and O–H groups in total. The van der Waals surface area contributed by atoms with Crippen molar-refractivity contribution >= 4 is 5.69 Å². The molecular formula is C13H19NO5. The van der Waals surface area contributed by atoms with E-state index in [1.54, 1.807) is 14.0 Å². The third kappa shape index (κ3) is 4.84. The lowest BCUT2D eigenvalue weighted by Gasteiger charge is -2.13. The van der Waals surface area contributed by atoms with Gasteiger partial charge in [0.25, 0.3) is 5.69 Å². The highest BCUT2D eigenvalue weighted by Gasteiger charge is 2.15. The van der Waals surface area contributed by atoms with Gasteiger partial charge in [-0.3, -0.25) is 10.1 Å². The number of methoxy groups -OCH3 is 1. The monoisotopic (exact) mass is 269 g/mol. The minimum Gasteiger partial charge on any atom is -0.493 e. The summed E-state index contributed by atoms with van der Waals surface area (Å²) in [4.78, 5) is 10.2. The van der Waals surface area contributed by atoms with Crippen molar-refractivity contribution in [2.45, 2.75) is 25.9 Å². The molecule has 0 saturated heterocycles. The van der Waals surface area contributed by atoms with Gasteiger partial charge in [-0.1, -0.05) is 0 Å². The zero-order valence-corrected chi connectivity index (χ0v) is 11.2. The Bertz CT molecular complexity index is 419. The summed E-state index contributed by atoms with van der Waals surface area (Å²) in [6.45, 7) is 2.71. The predicted molar refractivity (Wildman–Crippen MR) is 70.3 cm³/mol. The number of nitrogens with zero attached hydrogens (tertiary/aromatic N) is 1. The van der Waals surface area contributed by atoms with Crippen LogP contribution in [-0.4, -0.2) is 30.4 Å². The highest BCUT2D eigenvalue weighted by atomic mass is 16.6. The molecular weight excluding hydrogens is 250 g/mol. The molecule has 0 aliphatic carbocycles. The zero-order valence-electron chi connectivity index (χ0n) is 11.2. The van der Waals surface area contributed by atoms with E-state index in [0.29, 0.717) is 24.5 Å². The van der Waals surface area contributed by atoms with E-state index in [9.17, 15) is 15.2 Å². The van der Waals surface area contributed by atoms with Crippen LogP contribution in [0, 0.1) is 10.1 Å². The Hall–Kier alpha value is -1.66. The molecule has 1 aromatic rings. The van der Waals surface area contributed by atoms with Gasteiger partial charge in [-0.05, 0) is 25.8 Å². The summed E-state index contributed by atoms with van der Waals surface area (Å²) >= 11 is 0. The summed E-state index contributed by atoms with van der Waals surface area (Å²) in [6, 6.07) is 4.24. The lowest BCUT2D eigenvalue weighted by molar-refractivity contribution is -0.385. The lowest BCUT2D eigenvalue weighted by atomic mass is 10.1. The maximum absolute atomic E-state index is 10.7. The number of non-ortho nitro benzene ring substituents is 1. The van der Waals surface area contributed by atoms with Gasteiger partial charge in [0.05, 0.1) is 17.6 Å². The molecule has 1 atom stereocenters. The molecule has 0 saturated carbocycles. The Labute approximate surface area is 112 Å². The summed E-state index contributed by atoms with van der Waals surface area (Å²) in [5.41, 5.74) is 0.378. The molecule has 1 aromatic carbocycles. The van der Waals surface area contributed by atoms with E-state index < -0.39 is 11.0 Å². The van der Waals surface area contributed by atoms with E-state index in [2.05, 4.69) is 0 Å². The minimum atomic E-state index is -0.811. The number of unbranched alkanes of at least 4 members (excludes halogenated alkanes) is 1.